The van der Waals surface area contributed by atoms with Gasteiger partial charge < -0.3 is 5.11 Å². The number of rotatable bonds is 10. The average Bonchev–Trinajstić information content (AvgIpc) is 2.69. The molecule has 0 spiro atoms. The second-order valence-electron chi connectivity index (χ2n) is 8.91. The van der Waals surface area contributed by atoms with Crippen LogP contribution in [0.3, 0.4) is 0 Å². The highest BCUT2D eigenvalue weighted by atomic mass is 16.3. The summed E-state index contributed by atoms with van der Waals surface area (Å²) in [6.07, 6.45) is 1.52. The second kappa shape index (κ2) is 9.03. The molecule has 3 atom stereocenters. The zero-order valence-electron chi connectivity index (χ0n) is 17.0. The monoisotopic (exact) mass is 366 g/mol. The van der Waals surface area contributed by atoms with E-state index in [2.05, 4.69) is 0 Å². The van der Waals surface area contributed by atoms with Crippen molar-refractivity contribution in [1.82, 2.24) is 0 Å². The lowest BCUT2D eigenvalue weighted by Crippen LogP contribution is -2.50. The van der Waals surface area contributed by atoms with Crippen LogP contribution in [0.1, 0.15) is 73.6 Å². The lowest BCUT2D eigenvalue weighted by molar-refractivity contribution is -0.154. The van der Waals surface area contributed by atoms with Crippen molar-refractivity contribution in [2.45, 2.75) is 79.2 Å². The quantitative estimate of drug-likeness (QED) is 0.600. The molecule has 0 aromatic heterocycles. The average molecular weight is 366 g/mol. The van der Waals surface area contributed by atoms with Gasteiger partial charge in [-0.1, -0.05) is 48.0 Å². The molecule has 1 aliphatic rings. The van der Waals surface area contributed by atoms with Crippen LogP contribution in [0, 0.1) is 29.6 Å². The van der Waals surface area contributed by atoms with Gasteiger partial charge in [-0.15, -0.1) is 0 Å². The lowest BCUT2D eigenvalue weighted by Gasteiger charge is -2.26. The smallest absolute Gasteiger partial charge is 0.192 e. The van der Waals surface area contributed by atoms with E-state index in [0.717, 1.165) is 0 Å². The molecular weight excluding hydrogens is 332 g/mol. The predicted octanol–water partition coefficient (Wildman–Crippen LogP) is 3.16. The topological polar surface area (TPSA) is 88.5 Å². The first-order valence-corrected chi connectivity index (χ1v) is 9.79. The van der Waals surface area contributed by atoms with E-state index in [1.807, 2.05) is 41.5 Å². The Balaban J connectivity index is 3.19. The van der Waals surface area contributed by atoms with E-state index in [0.29, 0.717) is 12.8 Å². The molecule has 1 fully saturated rings. The van der Waals surface area contributed by atoms with Gasteiger partial charge >= 0.3 is 0 Å². The van der Waals surface area contributed by atoms with E-state index in [1.54, 1.807) is 0 Å². The van der Waals surface area contributed by atoms with Crippen molar-refractivity contribution < 1.29 is 24.3 Å². The maximum atomic E-state index is 12.9. The maximum absolute atomic E-state index is 12.9. The summed E-state index contributed by atoms with van der Waals surface area (Å²) in [4.78, 5) is 51.0. The summed E-state index contributed by atoms with van der Waals surface area (Å²) >= 11 is 0. The van der Waals surface area contributed by atoms with Gasteiger partial charge in [0.15, 0.2) is 28.7 Å². The van der Waals surface area contributed by atoms with Crippen LogP contribution in [0.15, 0.2) is 0 Å². The maximum Gasteiger partial charge on any atom is 0.192 e. The molecule has 5 heteroatoms. The van der Waals surface area contributed by atoms with Gasteiger partial charge in [-0.25, -0.2) is 0 Å². The largest absolute Gasteiger partial charge is 0.374 e. The van der Waals surface area contributed by atoms with Crippen molar-refractivity contribution in [2.75, 3.05) is 0 Å². The van der Waals surface area contributed by atoms with Gasteiger partial charge in [-0.05, 0) is 30.6 Å². The van der Waals surface area contributed by atoms with Gasteiger partial charge in [0.05, 0.1) is 5.92 Å². The number of hydrogen-bond donors (Lipinski definition) is 1. The second-order valence-corrected chi connectivity index (χ2v) is 8.91. The van der Waals surface area contributed by atoms with E-state index in [4.69, 9.17) is 0 Å². The normalized spacial score (nSPS) is 26.4. The van der Waals surface area contributed by atoms with Gasteiger partial charge in [0.1, 0.15) is 5.92 Å². The number of aliphatic hydroxyl groups is 1. The number of hydrogen-bond acceptors (Lipinski definition) is 5. The van der Waals surface area contributed by atoms with Gasteiger partial charge in [-0.3, -0.25) is 19.2 Å². The Labute approximate surface area is 156 Å². The van der Waals surface area contributed by atoms with Crippen LogP contribution in [-0.4, -0.2) is 33.8 Å². The SMILES string of the molecule is CC(C)CCC(=O)[C@]1(O)C(=O)C(C(=O)CC(C)C)C(=O)[C@@H]1CCC(C)C. The van der Waals surface area contributed by atoms with E-state index >= 15 is 0 Å². The van der Waals surface area contributed by atoms with E-state index in [9.17, 15) is 24.3 Å². The first-order valence-electron chi connectivity index (χ1n) is 9.79. The van der Waals surface area contributed by atoms with Crippen LogP contribution in [0.5, 0.6) is 0 Å². The number of ketones is 4. The first-order chi connectivity index (χ1) is 11.9. The molecule has 0 aliphatic heterocycles. The van der Waals surface area contributed by atoms with Gasteiger partial charge in [-0.2, -0.15) is 0 Å². The van der Waals surface area contributed by atoms with Gasteiger partial charge in [0, 0.05) is 12.8 Å². The van der Waals surface area contributed by atoms with Crippen LogP contribution in [0.2, 0.25) is 0 Å². The molecule has 0 aromatic carbocycles. The number of Topliss-reactive ketones (excluding diaryl/α,β-unsaturated/α-hetero) is 4. The Kier molecular flexibility index (Phi) is 7.87. The zero-order valence-corrected chi connectivity index (χ0v) is 17.0. The molecule has 148 valence electrons. The van der Waals surface area contributed by atoms with Crippen LogP contribution >= 0.6 is 0 Å². The minimum Gasteiger partial charge on any atom is -0.374 e. The molecule has 5 nitrogen and oxygen atoms in total. The molecule has 1 aliphatic carbocycles. The van der Waals surface area contributed by atoms with Crippen molar-refractivity contribution in [3.63, 3.8) is 0 Å². The van der Waals surface area contributed by atoms with Crippen LogP contribution in [0.25, 0.3) is 0 Å². The standard InChI is InChI=1S/C21H34O5/c1-12(2)7-9-15-19(24)18(16(22)11-14(5)6)20(25)21(15,26)17(23)10-8-13(3)4/h12-15,18,26H,7-11H2,1-6H3/t15-,18?,21-/m0/s1. The highest BCUT2D eigenvalue weighted by Crippen LogP contribution is 2.40. The van der Waals surface area contributed by atoms with Gasteiger partial charge in [0.25, 0.3) is 0 Å². The molecule has 0 bridgehead atoms. The highest BCUT2D eigenvalue weighted by molar-refractivity contribution is 6.33. The fourth-order valence-corrected chi connectivity index (χ4v) is 3.55. The fraction of sp³-hybridized carbons (Fsp3) is 0.810. The summed E-state index contributed by atoms with van der Waals surface area (Å²) in [5.74, 6) is -4.63. The van der Waals surface area contributed by atoms with Crippen molar-refractivity contribution in [2.24, 2.45) is 29.6 Å². The predicted molar refractivity (Wildman–Crippen MR) is 99.6 cm³/mol. The third-order valence-corrected chi connectivity index (χ3v) is 5.11. The zero-order chi connectivity index (χ0) is 20.2. The minimum absolute atomic E-state index is 0.00236. The Morgan fingerprint density at radius 1 is 0.962 bits per heavy atom. The minimum atomic E-state index is -2.34. The fourth-order valence-electron chi connectivity index (χ4n) is 3.55. The van der Waals surface area contributed by atoms with Crippen LogP contribution < -0.4 is 0 Å². The van der Waals surface area contributed by atoms with Crippen molar-refractivity contribution >= 4 is 23.1 Å². The van der Waals surface area contributed by atoms with E-state index in [-0.39, 0.29) is 37.0 Å². The lowest BCUT2D eigenvalue weighted by atomic mass is 9.79. The summed E-state index contributed by atoms with van der Waals surface area (Å²) in [5.41, 5.74) is -2.34. The van der Waals surface area contributed by atoms with Crippen molar-refractivity contribution in [1.29, 1.82) is 0 Å². The van der Waals surface area contributed by atoms with Crippen molar-refractivity contribution in [3.8, 4) is 0 Å². The van der Waals surface area contributed by atoms with Crippen molar-refractivity contribution in [3.05, 3.63) is 0 Å². The molecule has 26 heavy (non-hydrogen) atoms. The third kappa shape index (κ3) is 4.87. The molecule has 0 saturated heterocycles. The van der Waals surface area contributed by atoms with Crippen LogP contribution in [-0.2, 0) is 19.2 Å². The van der Waals surface area contributed by atoms with Gasteiger partial charge in [0.2, 0.25) is 0 Å². The Morgan fingerprint density at radius 2 is 1.50 bits per heavy atom. The highest BCUT2D eigenvalue weighted by Gasteiger charge is 2.64. The van der Waals surface area contributed by atoms with E-state index < -0.39 is 40.6 Å². The molecule has 1 saturated carbocycles. The van der Waals surface area contributed by atoms with Crippen LogP contribution in [0.4, 0.5) is 0 Å². The Hall–Kier alpha value is -1.36. The Morgan fingerprint density at radius 3 is 1.96 bits per heavy atom. The molecule has 1 rings (SSSR count). The molecule has 0 amide bonds. The van der Waals surface area contributed by atoms with E-state index in [1.165, 1.54) is 0 Å². The summed E-state index contributed by atoms with van der Waals surface area (Å²) < 4.78 is 0. The molecule has 0 aromatic rings. The first kappa shape index (κ1) is 22.7. The molecular formula is C21H34O5. The third-order valence-electron chi connectivity index (χ3n) is 5.11. The molecule has 0 heterocycles. The Bertz CT molecular complexity index is 561. The molecule has 0 radical (unpaired) electrons. The summed E-state index contributed by atoms with van der Waals surface area (Å²) in [6, 6.07) is 0. The summed E-state index contributed by atoms with van der Waals surface area (Å²) in [6.45, 7) is 11.5. The molecule has 1 N–H and O–H groups in total. The molecule has 1 unspecified atom stereocenters. The number of carbonyl (C=O) groups excluding carboxylic acids is 4. The summed E-state index contributed by atoms with van der Waals surface area (Å²) in [5, 5.41) is 11.1. The number of carbonyl (C=O) groups is 4. The summed E-state index contributed by atoms with van der Waals surface area (Å²) in [7, 11) is 0.